The van der Waals surface area contributed by atoms with Gasteiger partial charge in [-0.1, -0.05) is 37.0 Å². The van der Waals surface area contributed by atoms with Crippen LogP contribution in [0.25, 0.3) is 6.08 Å². The summed E-state index contributed by atoms with van der Waals surface area (Å²) in [6.07, 6.45) is 3.20. The van der Waals surface area contributed by atoms with E-state index in [0.717, 1.165) is 0 Å². The molecule has 0 heterocycles. The first kappa shape index (κ1) is 14.7. The fraction of sp³-hybridized carbons (Fsp3) is 0.143. The van der Waals surface area contributed by atoms with Crippen molar-refractivity contribution in [3.8, 4) is 17.6 Å². The number of hydrogen-bond donors (Lipinski definition) is 1. The highest BCUT2D eigenvalue weighted by molar-refractivity contribution is 7.80. The molecule has 0 unspecified atom stereocenters. The van der Waals surface area contributed by atoms with Crippen LogP contribution in [0.4, 0.5) is 0 Å². The van der Waals surface area contributed by atoms with Crippen LogP contribution in [0.1, 0.15) is 5.56 Å². The normalized spacial score (nSPS) is 10.4. The van der Waals surface area contributed by atoms with Gasteiger partial charge in [0.25, 0.3) is 0 Å². The van der Waals surface area contributed by atoms with Gasteiger partial charge in [-0.3, -0.25) is 0 Å². The van der Waals surface area contributed by atoms with Gasteiger partial charge in [0.15, 0.2) is 11.5 Å². The Morgan fingerprint density at radius 1 is 1.58 bits per heavy atom. The Kier molecular flexibility index (Phi) is 5.58. The van der Waals surface area contributed by atoms with Crippen LogP contribution in [0, 0.1) is 11.3 Å². The summed E-state index contributed by atoms with van der Waals surface area (Å²) in [5.41, 5.74) is 6.35. The molecule has 0 aliphatic heterocycles. The van der Waals surface area contributed by atoms with Crippen LogP contribution in [0.3, 0.4) is 0 Å². The van der Waals surface area contributed by atoms with Gasteiger partial charge in [0.2, 0.25) is 0 Å². The van der Waals surface area contributed by atoms with Gasteiger partial charge in [0, 0.05) is 5.56 Å². The third-order valence-corrected chi connectivity index (χ3v) is 2.48. The molecule has 0 aliphatic rings. The van der Waals surface area contributed by atoms with E-state index in [2.05, 4.69) is 6.58 Å². The van der Waals surface area contributed by atoms with Crippen molar-refractivity contribution in [3.63, 3.8) is 0 Å². The van der Waals surface area contributed by atoms with Crippen LogP contribution >= 0.6 is 12.2 Å². The van der Waals surface area contributed by atoms with Gasteiger partial charge in [0.1, 0.15) is 17.7 Å². The molecule has 1 rings (SSSR count). The van der Waals surface area contributed by atoms with Crippen LogP contribution in [0.15, 0.2) is 36.4 Å². The topological polar surface area (TPSA) is 68.3 Å². The van der Waals surface area contributed by atoms with Gasteiger partial charge >= 0.3 is 0 Å². The summed E-state index contributed by atoms with van der Waals surface area (Å²) in [7, 11) is 1.54. The van der Waals surface area contributed by atoms with E-state index in [1.807, 2.05) is 6.07 Å². The molecule has 0 fully saturated rings. The van der Waals surface area contributed by atoms with E-state index in [1.54, 1.807) is 37.5 Å². The summed E-state index contributed by atoms with van der Waals surface area (Å²) < 4.78 is 10.8. The van der Waals surface area contributed by atoms with Gasteiger partial charge in [0.05, 0.1) is 12.7 Å². The molecule has 98 valence electrons. The summed E-state index contributed by atoms with van der Waals surface area (Å²) in [6, 6.07) is 7.30. The van der Waals surface area contributed by atoms with Crippen LogP contribution in [0.5, 0.6) is 11.5 Å². The lowest BCUT2D eigenvalue weighted by molar-refractivity contribution is 0.326. The Bertz CT molecular complexity index is 559. The first-order valence-corrected chi connectivity index (χ1v) is 5.87. The van der Waals surface area contributed by atoms with Crippen molar-refractivity contribution in [1.82, 2.24) is 0 Å². The molecule has 0 aromatic heterocycles. The van der Waals surface area contributed by atoms with Gasteiger partial charge in [-0.25, -0.2) is 0 Å². The SMILES string of the molecule is C=CCOc1c(/C=C(/C#N)C(N)=S)cccc1OC. The van der Waals surface area contributed by atoms with Gasteiger partial charge < -0.3 is 15.2 Å². The molecular weight excluding hydrogens is 260 g/mol. The smallest absolute Gasteiger partial charge is 0.168 e. The number of thiocarbonyl (C=S) groups is 1. The molecule has 5 heteroatoms. The van der Waals surface area contributed by atoms with E-state index in [-0.39, 0.29) is 10.6 Å². The van der Waals surface area contributed by atoms with E-state index in [4.69, 9.17) is 32.7 Å². The number of ether oxygens (including phenoxy) is 2. The quantitative estimate of drug-likeness (QED) is 0.373. The van der Waals surface area contributed by atoms with E-state index in [0.29, 0.717) is 23.7 Å². The summed E-state index contributed by atoms with van der Waals surface area (Å²) >= 11 is 4.81. The van der Waals surface area contributed by atoms with Crippen LogP contribution in [-0.2, 0) is 0 Å². The van der Waals surface area contributed by atoms with Crippen molar-refractivity contribution in [1.29, 1.82) is 5.26 Å². The van der Waals surface area contributed by atoms with Crippen molar-refractivity contribution in [3.05, 3.63) is 42.0 Å². The van der Waals surface area contributed by atoms with Crippen molar-refractivity contribution < 1.29 is 9.47 Å². The predicted molar refractivity (Wildman–Crippen MR) is 79.1 cm³/mol. The second-order valence-electron chi connectivity index (χ2n) is 3.51. The summed E-state index contributed by atoms with van der Waals surface area (Å²) in [5.74, 6) is 1.09. The molecule has 2 N–H and O–H groups in total. The molecule has 0 amide bonds. The number of para-hydroxylation sites is 1. The Balaban J connectivity index is 3.30. The lowest BCUT2D eigenvalue weighted by Crippen LogP contribution is -2.10. The van der Waals surface area contributed by atoms with Crippen LogP contribution < -0.4 is 15.2 Å². The first-order valence-electron chi connectivity index (χ1n) is 5.46. The van der Waals surface area contributed by atoms with Gasteiger partial charge in [-0.2, -0.15) is 5.26 Å². The van der Waals surface area contributed by atoms with E-state index in [1.165, 1.54) is 0 Å². The minimum absolute atomic E-state index is 0.0417. The molecule has 19 heavy (non-hydrogen) atoms. The predicted octanol–water partition coefficient (Wildman–Crippen LogP) is 2.45. The zero-order valence-corrected chi connectivity index (χ0v) is 11.4. The van der Waals surface area contributed by atoms with Crippen molar-refractivity contribution >= 4 is 23.3 Å². The maximum absolute atomic E-state index is 8.98. The van der Waals surface area contributed by atoms with Crippen LogP contribution in [-0.4, -0.2) is 18.7 Å². The maximum atomic E-state index is 8.98. The fourth-order valence-corrected chi connectivity index (χ4v) is 1.52. The highest BCUT2D eigenvalue weighted by Crippen LogP contribution is 2.32. The molecule has 0 saturated carbocycles. The molecule has 0 bridgehead atoms. The van der Waals surface area contributed by atoms with Crippen molar-refractivity contribution in [2.75, 3.05) is 13.7 Å². The first-order chi connectivity index (χ1) is 9.13. The summed E-state index contributed by atoms with van der Waals surface area (Å²) in [5, 5.41) is 8.98. The second-order valence-corrected chi connectivity index (χ2v) is 3.95. The largest absolute Gasteiger partial charge is 0.493 e. The molecule has 4 nitrogen and oxygen atoms in total. The molecule has 0 saturated heterocycles. The molecule has 1 aromatic carbocycles. The molecule has 1 aromatic rings. The van der Waals surface area contributed by atoms with Crippen molar-refractivity contribution in [2.45, 2.75) is 0 Å². The van der Waals surface area contributed by atoms with E-state index >= 15 is 0 Å². The minimum Gasteiger partial charge on any atom is -0.493 e. The van der Waals surface area contributed by atoms with E-state index < -0.39 is 0 Å². The molecule has 0 radical (unpaired) electrons. The maximum Gasteiger partial charge on any atom is 0.168 e. The number of hydrogen-bond acceptors (Lipinski definition) is 4. The van der Waals surface area contributed by atoms with Gasteiger partial charge in [-0.05, 0) is 12.1 Å². The second kappa shape index (κ2) is 7.19. The zero-order chi connectivity index (χ0) is 14.3. The number of benzene rings is 1. The highest BCUT2D eigenvalue weighted by atomic mass is 32.1. The summed E-state index contributed by atoms with van der Waals surface area (Å²) in [6.45, 7) is 3.92. The average Bonchev–Trinajstić information content (AvgIpc) is 2.42. The monoisotopic (exact) mass is 274 g/mol. The Morgan fingerprint density at radius 2 is 2.32 bits per heavy atom. The number of nitrogens with zero attached hydrogens (tertiary/aromatic N) is 1. The average molecular weight is 274 g/mol. The number of methoxy groups -OCH3 is 1. The Hall–Kier alpha value is -2.32. The zero-order valence-electron chi connectivity index (χ0n) is 10.6. The molecule has 0 aliphatic carbocycles. The standard InChI is InChI=1S/C14H14N2O2S/c1-3-7-18-13-10(5-4-6-12(13)17-2)8-11(9-15)14(16)19/h3-6,8H,1,7H2,2H3,(H2,16,19)/b11-8-. The highest BCUT2D eigenvalue weighted by Gasteiger charge is 2.10. The lowest BCUT2D eigenvalue weighted by atomic mass is 10.1. The fourth-order valence-electron chi connectivity index (χ4n) is 1.42. The lowest BCUT2D eigenvalue weighted by Gasteiger charge is -2.12. The van der Waals surface area contributed by atoms with Crippen LogP contribution in [0.2, 0.25) is 0 Å². The number of nitriles is 1. The Labute approximate surface area is 117 Å². The Morgan fingerprint density at radius 3 is 2.84 bits per heavy atom. The molecule has 0 spiro atoms. The molecule has 0 atom stereocenters. The third kappa shape index (κ3) is 3.83. The number of rotatable bonds is 6. The van der Waals surface area contributed by atoms with Crippen molar-refractivity contribution in [2.24, 2.45) is 5.73 Å². The van der Waals surface area contributed by atoms with Gasteiger partial charge in [-0.15, -0.1) is 0 Å². The summed E-state index contributed by atoms with van der Waals surface area (Å²) in [4.78, 5) is 0.0417. The third-order valence-electron chi connectivity index (χ3n) is 2.26. The molecular formula is C14H14N2O2S. The van der Waals surface area contributed by atoms with E-state index in [9.17, 15) is 0 Å². The minimum atomic E-state index is 0.0417. The number of nitrogens with two attached hydrogens (primary N) is 1.